The van der Waals surface area contributed by atoms with Crippen molar-refractivity contribution in [2.75, 3.05) is 26.0 Å². The largest absolute Gasteiger partial charge is 0.476 e. The van der Waals surface area contributed by atoms with E-state index in [1.165, 1.54) is 12.3 Å². The first kappa shape index (κ1) is 15.2. The molecule has 0 saturated heterocycles. The van der Waals surface area contributed by atoms with Crippen LogP contribution in [0.15, 0.2) is 18.3 Å². The van der Waals surface area contributed by atoms with Gasteiger partial charge in [0, 0.05) is 18.3 Å². The lowest BCUT2D eigenvalue weighted by atomic mass is 9.75. The summed E-state index contributed by atoms with van der Waals surface area (Å²) >= 11 is 0. The van der Waals surface area contributed by atoms with Gasteiger partial charge in [-0.15, -0.1) is 0 Å². The second-order valence-electron chi connectivity index (χ2n) is 5.48. The van der Waals surface area contributed by atoms with Gasteiger partial charge < -0.3 is 20.6 Å². The van der Waals surface area contributed by atoms with Gasteiger partial charge in [-0.1, -0.05) is 0 Å². The molecule has 1 fully saturated rings. The summed E-state index contributed by atoms with van der Waals surface area (Å²) in [5.41, 5.74) is 0.0377. The van der Waals surface area contributed by atoms with Crippen molar-refractivity contribution >= 4 is 17.7 Å². The van der Waals surface area contributed by atoms with Crippen molar-refractivity contribution in [1.82, 2.24) is 15.2 Å². The average molecular weight is 292 g/mol. The lowest BCUT2D eigenvalue weighted by Gasteiger charge is -2.47. The third kappa shape index (κ3) is 3.30. The summed E-state index contributed by atoms with van der Waals surface area (Å²) in [5, 5.41) is 14.4. The Morgan fingerprint density at radius 2 is 2.14 bits per heavy atom. The smallest absolute Gasteiger partial charge is 0.356 e. The number of aromatic nitrogens is 1. The van der Waals surface area contributed by atoms with E-state index in [1.807, 2.05) is 14.1 Å². The van der Waals surface area contributed by atoms with Gasteiger partial charge >= 0.3 is 12.0 Å². The monoisotopic (exact) mass is 292 g/mol. The highest BCUT2D eigenvalue weighted by Gasteiger charge is 2.39. The number of nitrogens with zero attached hydrogens (tertiary/aromatic N) is 2. The Labute approximate surface area is 123 Å². The first-order chi connectivity index (χ1) is 9.94. The molecule has 0 unspecified atom stereocenters. The van der Waals surface area contributed by atoms with E-state index in [-0.39, 0.29) is 16.9 Å². The SMILES string of the molecule is CN(C)C1(CNC(=O)Nc2cccnc2C(=O)O)CCC1. The summed E-state index contributed by atoms with van der Waals surface area (Å²) in [4.78, 5) is 28.8. The van der Waals surface area contributed by atoms with Crippen LogP contribution in [0.1, 0.15) is 29.8 Å². The highest BCUT2D eigenvalue weighted by atomic mass is 16.4. The number of hydrogen-bond donors (Lipinski definition) is 3. The maximum absolute atomic E-state index is 11.9. The highest BCUT2D eigenvalue weighted by Crippen LogP contribution is 2.35. The van der Waals surface area contributed by atoms with Gasteiger partial charge in [0.05, 0.1) is 5.69 Å². The van der Waals surface area contributed by atoms with E-state index in [9.17, 15) is 9.59 Å². The summed E-state index contributed by atoms with van der Waals surface area (Å²) < 4.78 is 0. The standard InChI is InChI=1S/C14H20N4O3/c1-18(2)14(6-4-7-14)9-16-13(21)17-10-5-3-8-15-11(10)12(19)20/h3,5,8H,4,6-7,9H2,1-2H3,(H,19,20)(H2,16,17,21). The lowest BCUT2D eigenvalue weighted by molar-refractivity contribution is 0.0630. The number of anilines is 1. The van der Waals surface area contributed by atoms with E-state index in [4.69, 9.17) is 5.11 Å². The Bertz CT molecular complexity index is 541. The summed E-state index contributed by atoms with van der Waals surface area (Å²) in [7, 11) is 4.00. The van der Waals surface area contributed by atoms with Crippen LogP contribution in [0.25, 0.3) is 0 Å². The van der Waals surface area contributed by atoms with Gasteiger partial charge in [0.1, 0.15) is 0 Å². The maximum Gasteiger partial charge on any atom is 0.356 e. The second-order valence-corrected chi connectivity index (χ2v) is 5.48. The number of amides is 2. The number of carboxylic acids is 1. The minimum absolute atomic E-state index is 0.0158. The summed E-state index contributed by atoms with van der Waals surface area (Å²) in [6, 6.07) is 2.68. The van der Waals surface area contributed by atoms with Crippen LogP contribution in [0, 0.1) is 0 Å². The molecule has 114 valence electrons. The van der Waals surface area contributed by atoms with Gasteiger partial charge in [-0.3, -0.25) is 0 Å². The zero-order valence-corrected chi connectivity index (χ0v) is 12.2. The van der Waals surface area contributed by atoms with Crippen LogP contribution >= 0.6 is 0 Å². The van der Waals surface area contributed by atoms with Crippen molar-refractivity contribution in [2.45, 2.75) is 24.8 Å². The molecule has 0 radical (unpaired) electrons. The zero-order chi connectivity index (χ0) is 15.5. The van der Waals surface area contributed by atoms with Gasteiger partial charge in [0.15, 0.2) is 5.69 Å². The zero-order valence-electron chi connectivity index (χ0n) is 12.2. The number of carbonyl (C=O) groups excluding carboxylic acids is 1. The Hall–Kier alpha value is -2.15. The van der Waals surface area contributed by atoms with E-state index < -0.39 is 12.0 Å². The maximum atomic E-state index is 11.9. The molecule has 3 N–H and O–H groups in total. The summed E-state index contributed by atoms with van der Waals surface area (Å²) in [6.07, 6.45) is 4.64. The number of carbonyl (C=O) groups is 2. The Morgan fingerprint density at radius 3 is 2.67 bits per heavy atom. The molecular weight excluding hydrogens is 272 g/mol. The molecular formula is C14H20N4O3. The molecule has 1 saturated carbocycles. The Kier molecular flexibility index (Phi) is 4.42. The molecule has 0 spiro atoms. The predicted octanol–water partition coefficient (Wildman–Crippen LogP) is 1.39. The number of aromatic carboxylic acids is 1. The number of urea groups is 1. The van der Waals surface area contributed by atoms with Crippen LogP contribution in [0.3, 0.4) is 0 Å². The molecule has 2 amide bonds. The minimum atomic E-state index is -1.17. The summed E-state index contributed by atoms with van der Waals surface area (Å²) in [6.45, 7) is 0.536. The van der Waals surface area contributed by atoms with Crippen molar-refractivity contribution in [1.29, 1.82) is 0 Å². The van der Waals surface area contributed by atoms with Gasteiger partial charge in [-0.2, -0.15) is 0 Å². The van der Waals surface area contributed by atoms with Crippen molar-refractivity contribution in [3.05, 3.63) is 24.0 Å². The lowest BCUT2D eigenvalue weighted by Crippen LogP contribution is -2.57. The predicted molar refractivity (Wildman–Crippen MR) is 78.5 cm³/mol. The minimum Gasteiger partial charge on any atom is -0.476 e. The van der Waals surface area contributed by atoms with Crippen molar-refractivity contribution in [2.24, 2.45) is 0 Å². The first-order valence-electron chi connectivity index (χ1n) is 6.85. The molecule has 1 heterocycles. The Balaban J connectivity index is 1.95. The van der Waals surface area contributed by atoms with Crippen LogP contribution < -0.4 is 10.6 Å². The number of likely N-dealkylation sites (N-methyl/N-ethyl adjacent to an activating group) is 1. The molecule has 0 aromatic carbocycles. The third-order valence-corrected chi connectivity index (χ3v) is 4.07. The van der Waals surface area contributed by atoms with Crippen LogP contribution in [-0.2, 0) is 0 Å². The third-order valence-electron chi connectivity index (χ3n) is 4.07. The molecule has 1 aromatic rings. The molecule has 7 heteroatoms. The fourth-order valence-electron chi connectivity index (χ4n) is 2.45. The van der Waals surface area contributed by atoms with E-state index in [0.29, 0.717) is 6.54 Å². The Morgan fingerprint density at radius 1 is 1.43 bits per heavy atom. The molecule has 21 heavy (non-hydrogen) atoms. The van der Waals surface area contributed by atoms with Crippen molar-refractivity contribution in [3.63, 3.8) is 0 Å². The van der Waals surface area contributed by atoms with E-state index in [0.717, 1.165) is 19.3 Å². The number of pyridine rings is 1. The molecule has 1 aromatic heterocycles. The van der Waals surface area contributed by atoms with Crippen LogP contribution in [0.2, 0.25) is 0 Å². The first-order valence-corrected chi connectivity index (χ1v) is 6.85. The van der Waals surface area contributed by atoms with E-state index in [1.54, 1.807) is 6.07 Å². The van der Waals surface area contributed by atoms with Crippen molar-refractivity contribution < 1.29 is 14.7 Å². The van der Waals surface area contributed by atoms with Gasteiger partial charge in [-0.25, -0.2) is 14.6 Å². The molecule has 1 aliphatic carbocycles. The normalized spacial score (nSPS) is 16.1. The molecule has 2 rings (SSSR count). The molecule has 1 aliphatic rings. The van der Waals surface area contributed by atoms with Gasteiger partial charge in [0.25, 0.3) is 0 Å². The number of carboxylic acid groups (broad SMARTS) is 1. The molecule has 0 atom stereocenters. The van der Waals surface area contributed by atoms with Crippen LogP contribution in [0.5, 0.6) is 0 Å². The number of rotatable bonds is 5. The quantitative estimate of drug-likeness (QED) is 0.762. The number of hydrogen-bond acceptors (Lipinski definition) is 4. The van der Waals surface area contributed by atoms with Gasteiger partial charge in [-0.05, 0) is 45.5 Å². The van der Waals surface area contributed by atoms with Crippen molar-refractivity contribution in [3.8, 4) is 0 Å². The average Bonchev–Trinajstić information content (AvgIpc) is 2.37. The molecule has 0 bridgehead atoms. The van der Waals surface area contributed by atoms with E-state index in [2.05, 4.69) is 20.5 Å². The van der Waals surface area contributed by atoms with Gasteiger partial charge in [0.2, 0.25) is 0 Å². The van der Waals surface area contributed by atoms with Crippen LogP contribution in [0.4, 0.5) is 10.5 Å². The fourth-order valence-corrected chi connectivity index (χ4v) is 2.45. The second kappa shape index (κ2) is 6.09. The summed E-state index contributed by atoms with van der Waals surface area (Å²) in [5.74, 6) is -1.17. The molecule has 0 aliphatic heterocycles. The fraction of sp³-hybridized carbons (Fsp3) is 0.500. The number of nitrogens with one attached hydrogen (secondary N) is 2. The molecule has 7 nitrogen and oxygen atoms in total. The highest BCUT2D eigenvalue weighted by molar-refractivity contribution is 5.98. The topological polar surface area (TPSA) is 94.6 Å². The van der Waals surface area contributed by atoms with E-state index >= 15 is 0 Å². The van der Waals surface area contributed by atoms with Crippen LogP contribution in [-0.4, -0.2) is 53.2 Å².